The Kier molecular flexibility index (Phi) is 8.44. The van der Waals surface area contributed by atoms with Crippen LogP contribution >= 0.6 is 0 Å². The Bertz CT molecular complexity index is 1620. The van der Waals surface area contributed by atoms with Gasteiger partial charge in [0, 0.05) is 50.0 Å². The molecular formula is C33H41N7O4. The number of ether oxygens (including phenoxy) is 2. The lowest BCUT2D eigenvalue weighted by atomic mass is 9.85. The maximum atomic E-state index is 12.1. The molecule has 11 nitrogen and oxygen atoms in total. The highest BCUT2D eigenvalue weighted by molar-refractivity contribution is 5.99. The lowest BCUT2D eigenvalue weighted by Gasteiger charge is -2.36. The SMILES string of the molecule is CNC(=O)c1ccc(-c2c[nH]c3nc(Nc4ccc(CNC5CN(C)C5)cc4OC)nc(OC4CCC(C)(O)CC4)c23)cc1. The summed E-state index contributed by atoms with van der Waals surface area (Å²) in [4.78, 5) is 27.3. The summed E-state index contributed by atoms with van der Waals surface area (Å²) in [5.41, 5.74) is 4.18. The summed E-state index contributed by atoms with van der Waals surface area (Å²) in [6, 6.07) is 14.0. The first-order valence-corrected chi connectivity index (χ1v) is 15.2. The summed E-state index contributed by atoms with van der Waals surface area (Å²) in [5, 5.41) is 20.8. The molecule has 1 saturated carbocycles. The Balaban J connectivity index is 1.30. The van der Waals surface area contributed by atoms with Crippen molar-refractivity contribution in [3.8, 4) is 22.8 Å². The minimum absolute atomic E-state index is 0.0867. The zero-order valence-corrected chi connectivity index (χ0v) is 25.7. The zero-order valence-electron chi connectivity index (χ0n) is 25.7. The number of benzene rings is 2. The van der Waals surface area contributed by atoms with Crippen molar-refractivity contribution in [2.75, 3.05) is 39.6 Å². The molecule has 6 rings (SSSR count). The lowest BCUT2D eigenvalue weighted by molar-refractivity contribution is -0.0114. The van der Waals surface area contributed by atoms with E-state index in [0.29, 0.717) is 47.7 Å². The monoisotopic (exact) mass is 599 g/mol. The number of rotatable bonds is 10. The number of likely N-dealkylation sites (tertiary alicyclic amines) is 1. The third-order valence-corrected chi connectivity index (χ3v) is 8.64. The van der Waals surface area contributed by atoms with Crippen LogP contribution in [0.5, 0.6) is 11.6 Å². The first-order chi connectivity index (χ1) is 21.2. The van der Waals surface area contributed by atoms with Gasteiger partial charge < -0.3 is 40.4 Å². The van der Waals surface area contributed by atoms with E-state index < -0.39 is 5.60 Å². The summed E-state index contributed by atoms with van der Waals surface area (Å²) in [6.07, 6.45) is 4.57. The smallest absolute Gasteiger partial charge is 0.251 e. The van der Waals surface area contributed by atoms with Gasteiger partial charge in [0.05, 0.1) is 23.8 Å². The van der Waals surface area contributed by atoms with Crippen molar-refractivity contribution < 1.29 is 19.4 Å². The Morgan fingerprint density at radius 2 is 1.89 bits per heavy atom. The van der Waals surface area contributed by atoms with Crippen LogP contribution in [0, 0.1) is 0 Å². The van der Waals surface area contributed by atoms with Crippen LogP contribution in [0.4, 0.5) is 11.6 Å². The van der Waals surface area contributed by atoms with Gasteiger partial charge in [0.25, 0.3) is 5.91 Å². The molecule has 0 atom stereocenters. The minimum Gasteiger partial charge on any atom is -0.495 e. The molecule has 1 saturated heterocycles. The number of nitrogens with one attached hydrogen (secondary N) is 4. The van der Waals surface area contributed by atoms with Crippen LogP contribution in [0.15, 0.2) is 48.7 Å². The molecule has 1 amide bonds. The van der Waals surface area contributed by atoms with E-state index >= 15 is 0 Å². The van der Waals surface area contributed by atoms with Crippen molar-refractivity contribution in [1.29, 1.82) is 0 Å². The first-order valence-electron chi connectivity index (χ1n) is 15.2. The number of anilines is 2. The number of hydrogen-bond acceptors (Lipinski definition) is 9. The van der Waals surface area contributed by atoms with Gasteiger partial charge in [-0.2, -0.15) is 9.97 Å². The van der Waals surface area contributed by atoms with E-state index in [2.05, 4.69) is 38.9 Å². The lowest BCUT2D eigenvalue weighted by Crippen LogP contribution is -2.55. The van der Waals surface area contributed by atoms with E-state index in [1.807, 2.05) is 37.4 Å². The van der Waals surface area contributed by atoms with E-state index in [-0.39, 0.29) is 12.0 Å². The van der Waals surface area contributed by atoms with Crippen molar-refractivity contribution in [3.05, 3.63) is 59.8 Å². The second-order valence-corrected chi connectivity index (χ2v) is 12.2. The van der Waals surface area contributed by atoms with Crippen LogP contribution in [-0.4, -0.2) is 82.9 Å². The van der Waals surface area contributed by atoms with Crippen molar-refractivity contribution in [1.82, 2.24) is 30.5 Å². The number of methoxy groups -OCH3 is 1. The topological polar surface area (TPSA) is 137 Å². The fourth-order valence-corrected chi connectivity index (χ4v) is 5.96. The van der Waals surface area contributed by atoms with Crippen molar-refractivity contribution in [2.45, 2.75) is 56.9 Å². The van der Waals surface area contributed by atoms with Crippen molar-refractivity contribution in [3.63, 3.8) is 0 Å². The highest BCUT2D eigenvalue weighted by Gasteiger charge is 2.31. The van der Waals surface area contributed by atoms with Crippen LogP contribution in [-0.2, 0) is 6.54 Å². The van der Waals surface area contributed by atoms with Crippen LogP contribution in [0.25, 0.3) is 22.2 Å². The van der Waals surface area contributed by atoms with Gasteiger partial charge in [-0.05, 0) is 75.0 Å². The molecule has 44 heavy (non-hydrogen) atoms. The van der Waals surface area contributed by atoms with E-state index in [1.165, 1.54) is 0 Å². The van der Waals surface area contributed by atoms with Crippen LogP contribution < -0.4 is 25.4 Å². The highest BCUT2D eigenvalue weighted by Crippen LogP contribution is 2.38. The molecule has 5 N–H and O–H groups in total. The minimum atomic E-state index is -0.675. The molecule has 0 spiro atoms. The quantitative estimate of drug-likeness (QED) is 0.182. The molecule has 2 aromatic carbocycles. The molecule has 2 aliphatic rings. The van der Waals surface area contributed by atoms with E-state index in [0.717, 1.165) is 60.2 Å². The number of aromatic amines is 1. The fourth-order valence-electron chi connectivity index (χ4n) is 5.96. The summed E-state index contributed by atoms with van der Waals surface area (Å²) in [6.45, 7) is 4.76. The predicted molar refractivity (Wildman–Crippen MR) is 171 cm³/mol. The second kappa shape index (κ2) is 12.4. The normalized spacial score (nSPS) is 20.7. The Labute approximate surface area is 257 Å². The Morgan fingerprint density at radius 1 is 1.14 bits per heavy atom. The van der Waals surface area contributed by atoms with Gasteiger partial charge in [-0.25, -0.2) is 0 Å². The van der Waals surface area contributed by atoms with Gasteiger partial charge >= 0.3 is 0 Å². The third kappa shape index (κ3) is 6.50. The van der Waals surface area contributed by atoms with Gasteiger partial charge in [-0.3, -0.25) is 4.79 Å². The van der Waals surface area contributed by atoms with Gasteiger partial charge in [-0.15, -0.1) is 0 Å². The van der Waals surface area contributed by atoms with Gasteiger partial charge in [0.2, 0.25) is 11.8 Å². The molecule has 1 aliphatic carbocycles. The van der Waals surface area contributed by atoms with E-state index in [4.69, 9.17) is 19.4 Å². The van der Waals surface area contributed by atoms with Crippen LogP contribution in [0.2, 0.25) is 0 Å². The number of hydrogen-bond donors (Lipinski definition) is 5. The summed E-state index contributed by atoms with van der Waals surface area (Å²) in [5.74, 6) is 1.39. The average molecular weight is 600 g/mol. The number of aromatic nitrogens is 3. The Morgan fingerprint density at radius 3 is 2.57 bits per heavy atom. The van der Waals surface area contributed by atoms with Crippen molar-refractivity contribution >= 4 is 28.6 Å². The third-order valence-electron chi connectivity index (χ3n) is 8.64. The maximum Gasteiger partial charge on any atom is 0.251 e. The number of amides is 1. The number of fused-ring (bicyclic) bond motifs is 1. The number of carbonyl (C=O) groups is 1. The van der Waals surface area contributed by atoms with Crippen LogP contribution in [0.3, 0.4) is 0 Å². The number of H-pyrrole nitrogens is 1. The molecule has 0 unspecified atom stereocenters. The van der Waals surface area contributed by atoms with Crippen LogP contribution in [0.1, 0.15) is 48.5 Å². The maximum absolute atomic E-state index is 12.1. The van der Waals surface area contributed by atoms with E-state index in [1.54, 1.807) is 26.3 Å². The average Bonchev–Trinajstić information content (AvgIpc) is 3.44. The fraction of sp³-hybridized carbons (Fsp3) is 0.424. The highest BCUT2D eigenvalue weighted by atomic mass is 16.5. The molecule has 3 heterocycles. The van der Waals surface area contributed by atoms with Gasteiger partial charge in [0.15, 0.2) is 0 Å². The summed E-state index contributed by atoms with van der Waals surface area (Å²) in [7, 11) is 5.39. The predicted octanol–water partition coefficient (Wildman–Crippen LogP) is 4.21. The number of aliphatic hydroxyl groups is 1. The molecule has 0 bridgehead atoms. The molecule has 2 aromatic heterocycles. The molecular weight excluding hydrogens is 558 g/mol. The zero-order chi connectivity index (χ0) is 30.8. The number of carbonyl (C=O) groups excluding carboxylic acids is 1. The summed E-state index contributed by atoms with van der Waals surface area (Å²) < 4.78 is 12.3. The number of likely N-dealkylation sites (N-methyl/N-ethyl adjacent to an activating group) is 1. The largest absolute Gasteiger partial charge is 0.495 e. The van der Waals surface area contributed by atoms with Gasteiger partial charge in [-0.1, -0.05) is 18.2 Å². The Hall–Kier alpha value is -4.19. The van der Waals surface area contributed by atoms with Gasteiger partial charge in [0.1, 0.15) is 17.5 Å². The molecule has 0 radical (unpaired) electrons. The molecule has 11 heteroatoms. The molecule has 232 valence electrons. The number of nitrogens with zero attached hydrogens (tertiary/aromatic N) is 3. The standard InChI is InChI=1S/C33H41N7O4/c1-33(42)13-11-24(12-14-33)44-31-28-25(21-6-8-22(9-7-21)30(41)34-2)17-36-29(28)38-32(39-31)37-26-10-5-20(15-27(26)43-4)16-35-23-18-40(3)19-23/h5-10,15,17,23-24,35,42H,11-14,16,18-19H2,1-4H3,(H,34,41)(H2,36,37,38,39). The first kappa shape index (κ1) is 29.9. The molecule has 2 fully saturated rings. The molecule has 1 aliphatic heterocycles. The second-order valence-electron chi connectivity index (χ2n) is 12.2. The van der Waals surface area contributed by atoms with E-state index in [9.17, 15) is 9.90 Å². The molecule has 4 aromatic rings. The van der Waals surface area contributed by atoms with Crippen molar-refractivity contribution in [2.24, 2.45) is 0 Å². The summed E-state index contributed by atoms with van der Waals surface area (Å²) >= 11 is 0.